The Balaban J connectivity index is 2.32. The molecule has 3 N–H and O–H groups in total. The molecule has 3 atom stereocenters. The Hall–Kier alpha value is -0.810. The number of halogens is 2. The van der Waals surface area contributed by atoms with Gasteiger partial charge in [0.1, 0.15) is 0 Å². The maximum absolute atomic E-state index is 10.9. The number of nitrogens with two attached hydrogens (primary N) is 1. The van der Waals surface area contributed by atoms with E-state index in [0.29, 0.717) is 15.6 Å². The molecule has 96 valence electrons. The van der Waals surface area contributed by atoms with Crippen molar-refractivity contribution in [2.75, 3.05) is 0 Å². The average molecular weight is 304 g/mol. The molecule has 3 unspecified atom stereocenters. The van der Waals surface area contributed by atoms with Gasteiger partial charge in [0.25, 0.3) is 0 Å². The summed E-state index contributed by atoms with van der Waals surface area (Å²) in [7, 11) is 0. The monoisotopic (exact) mass is 303 g/mol. The number of alkyl halides is 1. The van der Waals surface area contributed by atoms with E-state index in [1.165, 1.54) is 0 Å². The zero-order valence-corrected chi connectivity index (χ0v) is 11.5. The highest BCUT2D eigenvalue weighted by atomic mass is 35.5. The molecule has 1 aliphatic rings. The van der Waals surface area contributed by atoms with Gasteiger partial charge in [0.15, 0.2) is 11.1 Å². The molecular formula is C12H11Cl2NO2S. The van der Waals surface area contributed by atoms with Gasteiger partial charge < -0.3 is 10.3 Å². The third-order valence-corrected chi connectivity index (χ3v) is 4.11. The highest BCUT2D eigenvalue weighted by molar-refractivity contribution is 7.79. The van der Waals surface area contributed by atoms with Gasteiger partial charge in [-0.15, -0.1) is 11.6 Å². The molecule has 0 fully saturated rings. The van der Waals surface area contributed by atoms with Crippen LogP contribution in [0.1, 0.15) is 11.5 Å². The van der Waals surface area contributed by atoms with Gasteiger partial charge >= 0.3 is 0 Å². The lowest BCUT2D eigenvalue weighted by Crippen LogP contribution is -2.17. The van der Waals surface area contributed by atoms with Crippen molar-refractivity contribution in [3.63, 3.8) is 0 Å². The Bertz CT molecular complexity index is 540. The van der Waals surface area contributed by atoms with Crippen molar-refractivity contribution >= 4 is 34.3 Å². The minimum Gasteiger partial charge on any atom is -0.399 e. The van der Waals surface area contributed by atoms with E-state index in [0.717, 1.165) is 5.56 Å². The lowest BCUT2D eigenvalue weighted by Gasteiger charge is -2.24. The summed E-state index contributed by atoms with van der Waals surface area (Å²) in [4.78, 5) is 0.343. The number of benzene rings is 1. The van der Waals surface area contributed by atoms with E-state index in [9.17, 15) is 4.21 Å². The van der Waals surface area contributed by atoms with Crippen LogP contribution in [0.25, 0.3) is 0 Å². The number of rotatable bonds is 2. The quantitative estimate of drug-likeness (QED) is 0.652. The number of hydrogen-bond donors (Lipinski definition) is 2. The van der Waals surface area contributed by atoms with Gasteiger partial charge in [-0.2, -0.15) is 0 Å². The van der Waals surface area contributed by atoms with Gasteiger partial charge in [-0.1, -0.05) is 23.7 Å². The fourth-order valence-corrected chi connectivity index (χ4v) is 3.11. The van der Waals surface area contributed by atoms with Crippen LogP contribution in [-0.4, -0.2) is 14.1 Å². The molecule has 1 aromatic carbocycles. The van der Waals surface area contributed by atoms with Crippen LogP contribution in [0.4, 0.5) is 0 Å². The molecule has 18 heavy (non-hydrogen) atoms. The van der Waals surface area contributed by atoms with Crippen LogP contribution >= 0.6 is 23.2 Å². The molecule has 0 aliphatic heterocycles. The smallest absolute Gasteiger partial charge is 0.186 e. The lowest BCUT2D eigenvalue weighted by atomic mass is 9.91. The minimum absolute atomic E-state index is 0.179. The van der Waals surface area contributed by atoms with Gasteiger partial charge in [-0.05, 0) is 29.8 Å². The maximum atomic E-state index is 10.9. The molecule has 1 aliphatic carbocycles. The van der Waals surface area contributed by atoms with Gasteiger partial charge in [0.2, 0.25) is 0 Å². The second kappa shape index (κ2) is 5.45. The first-order valence-corrected chi connectivity index (χ1v) is 7.10. The molecule has 0 aromatic heterocycles. The highest BCUT2D eigenvalue weighted by Gasteiger charge is 2.26. The first kappa shape index (κ1) is 13.6. The van der Waals surface area contributed by atoms with E-state index in [1.54, 1.807) is 36.4 Å². The number of hydrogen-bond acceptors (Lipinski definition) is 2. The van der Waals surface area contributed by atoms with Crippen molar-refractivity contribution < 1.29 is 8.76 Å². The van der Waals surface area contributed by atoms with E-state index in [1.807, 2.05) is 0 Å². The largest absolute Gasteiger partial charge is 0.399 e. The van der Waals surface area contributed by atoms with Crippen LogP contribution in [0.5, 0.6) is 0 Å². The normalized spacial score (nSPS) is 25.3. The molecule has 3 nitrogen and oxygen atoms in total. The Kier molecular flexibility index (Phi) is 4.12. The Morgan fingerprint density at radius 1 is 1.28 bits per heavy atom. The zero-order chi connectivity index (χ0) is 13.3. The highest BCUT2D eigenvalue weighted by Crippen LogP contribution is 2.37. The Labute approximate surface area is 118 Å². The molecule has 0 heterocycles. The average Bonchev–Trinajstić information content (AvgIpc) is 2.28. The summed E-state index contributed by atoms with van der Waals surface area (Å²) in [5, 5.41) is 0.237. The van der Waals surface area contributed by atoms with Crippen molar-refractivity contribution in [3.8, 4) is 0 Å². The van der Waals surface area contributed by atoms with E-state index in [2.05, 4.69) is 0 Å². The molecule has 0 radical (unpaired) electrons. The molecule has 0 spiro atoms. The second-order valence-electron chi connectivity index (χ2n) is 3.94. The van der Waals surface area contributed by atoms with Crippen LogP contribution in [0, 0.1) is 0 Å². The first-order chi connectivity index (χ1) is 8.49. The van der Waals surface area contributed by atoms with Gasteiger partial charge in [-0.25, -0.2) is 4.21 Å². The Morgan fingerprint density at radius 2 is 1.89 bits per heavy atom. The molecule has 0 saturated heterocycles. The lowest BCUT2D eigenvalue weighted by molar-refractivity contribution is 0.564. The predicted octanol–water partition coefficient (Wildman–Crippen LogP) is 2.94. The van der Waals surface area contributed by atoms with Crippen molar-refractivity contribution in [3.05, 3.63) is 52.7 Å². The summed E-state index contributed by atoms with van der Waals surface area (Å²) in [6.45, 7) is 0. The molecular weight excluding hydrogens is 293 g/mol. The van der Waals surface area contributed by atoms with Crippen LogP contribution in [0.15, 0.2) is 52.0 Å². The topological polar surface area (TPSA) is 63.3 Å². The molecule has 0 bridgehead atoms. The van der Waals surface area contributed by atoms with Crippen molar-refractivity contribution in [1.29, 1.82) is 0 Å². The van der Waals surface area contributed by atoms with Crippen LogP contribution < -0.4 is 5.73 Å². The summed E-state index contributed by atoms with van der Waals surface area (Å²) in [5.41, 5.74) is 7.09. The summed E-state index contributed by atoms with van der Waals surface area (Å²) in [5.74, 6) is -0.179. The van der Waals surface area contributed by atoms with E-state index >= 15 is 0 Å². The van der Waals surface area contributed by atoms with Crippen molar-refractivity contribution in [2.45, 2.75) is 16.2 Å². The first-order valence-electron chi connectivity index (χ1n) is 5.18. The zero-order valence-electron chi connectivity index (χ0n) is 9.22. The number of allylic oxidation sites excluding steroid dienone is 3. The fourth-order valence-electron chi connectivity index (χ4n) is 1.86. The molecule has 1 aromatic rings. The van der Waals surface area contributed by atoms with Crippen LogP contribution in [0.2, 0.25) is 0 Å². The van der Waals surface area contributed by atoms with Gasteiger partial charge in [-0.3, -0.25) is 0 Å². The summed E-state index contributed by atoms with van der Waals surface area (Å²) in [6, 6.07) is 6.66. The summed E-state index contributed by atoms with van der Waals surface area (Å²) >= 11 is 10.4. The molecule has 2 rings (SSSR count). The van der Waals surface area contributed by atoms with Crippen molar-refractivity contribution in [2.24, 2.45) is 5.73 Å². The maximum Gasteiger partial charge on any atom is 0.186 e. The van der Waals surface area contributed by atoms with Gasteiger partial charge in [0, 0.05) is 16.6 Å². The summed E-state index contributed by atoms with van der Waals surface area (Å²) < 4.78 is 19.8. The molecule has 6 heteroatoms. The standard InChI is InChI=1S/C12H11Cl2NO2S/c13-10-5-8(15)6-11(14)12(10)7-1-3-9(4-2-7)18(16)17/h1-6,10,12H,15H2,(H,16,17). The molecule has 0 saturated carbocycles. The SMILES string of the molecule is NC1=CC(Cl)C(c2ccc(S(=O)O)cc2)C(Cl)=C1. The third-order valence-electron chi connectivity index (χ3n) is 2.71. The van der Waals surface area contributed by atoms with E-state index in [4.69, 9.17) is 33.5 Å². The third kappa shape index (κ3) is 2.78. The minimum atomic E-state index is -1.98. The predicted molar refractivity (Wildman–Crippen MR) is 74.1 cm³/mol. The second-order valence-corrected chi connectivity index (χ2v) is 5.85. The van der Waals surface area contributed by atoms with E-state index < -0.39 is 11.1 Å². The van der Waals surface area contributed by atoms with Crippen molar-refractivity contribution in [1.82, 2.24) is 0 Å². The van der Waals surface area contributed by atoms with Crippen LogP contribution in [0.3, 0.4) is 0 Å². The Morgan fingerprint density at radius 3 is 2.39 bits per heavy atom. The van der Waals surface area contributed by atoms with Crippen LogP contribution in [-0.2, 0) is 11.1 Å². The summed E-state index contributed by atoms with van der Waals surface area (Å²) in [6.07, 6.45) is 3.40. The molecule has 0 amide bonds. The van der Waals surface area contributed by atoms with E-state index in [-0.39, 0.29) is 11.3 Å². The fraction of sp³-hybridized carbons (Fsp3) is 0.167. The van der Waals surface area contributed by atoms with Gasteiger partial charge in [0.05, 0.1) is 10.3 Å².